The number of rotatable bonds is 6. The number of ether oxygens (including phenoxy) is 1. The summed E-state index contributed by atoms with van der Waals surface area (Å²) < 4.78 is 4.63. The van der Waals surface area contributed by atoms with Gasteiger partial charge in [-0.05, 0) is 24.8 Å². The molecule has 104 valence electrons. The highest BCUT2D eigenvalue weighted by molar-refractivity contribution is 7.98. The predicted octanol–water partition coefficient (Wildman–Crippen LogP) is 2.43. The maximum Gasteiger partial charge on any atom is 0.325 e. The van der Waals surface area contributed by atoms with E-state index in [1.54, 1.807) is 6.07 Å². The lowest BCUT2D eigenvalue weighted by atomic mass is 10.2. The first-order chi connectivity index (χ1) is 9.13. The summed E-state index contributed by atoms with van der Waals surface area (Å²) in [5.41, 5.74) is 0.632. The first kappa shape index (κ1) is 15.6. The van der Waals surface area contributed by atoms with Crippen molar-refractivity contribution in [2.45, 2.75) is 18.2 Å². The van der Waals surface area contributed by atoms with Gasteiger partial charge in [-0.1, -0.05) is 19.1 Å². The predicted molar refractivity (Wildman–Crippen MR) is 76.4 cm³/mol. The van der Waals surface area contributed by atoms with Crippen LogP contribution in [0.1, 0.15) is 23.7 Å². The second kappa shape index (κ2) is 7.84. The van der Waals surface area contributed by atoms with Crippen LogP contribution in [0.5, 0.6) is 0 Å². The molecule has 0 aliphatic heterocycles. The third-order valence-electron chi connectivity index (χ3n) is 2.67. The van der Waals surface area contributed by atoms with Crippen LogP contribution in [0.25, 0.3) is 0 Å². The van der Waals surface area contributed by atoms with Gasteiger partial charge in [0.2, 0.25) is 0 Å². The smallest absolute Gasteiger partial charge is 0.325 e. The van der Waals surface area contributed by atoms with Crippen molar-refractivity contribution in [3.63, 3.8) is 0 Å². The Morgan fingerprint density at radius 2 is 2.00 bits per heavy atom. The molecule has 1 aromatic rings. The first-order valence-corrected chi connectivity index (χ1v) is 7.35. The zero-order valence-corrected chi connectivity index (χ0v) is 12.3. The molecule has 0 N–H and O–H groups in total. The van der Waals surface area contributed by atoms with Crippen LogP contribution in [-0.4, -0.2) is 43.2 Å². The van der Waals surface area contributed by atoms with Crippen LogP contribution in [-0.2, 0) is 9.53 Å². The summed E-state index contributed by atoms with van der Waals surface area (Å²) >= 11 is 1.52. The molecule has 0 aliphatic rings. The fraction of sp³-hybridized carbons (Fsp3) is 0.429. The second-order valence-corrected chi connectivity index (χ2v) is 4.85. The molecule has 1 rings (SSSR count). The number of hydrogen-bond donors (Lipinski definition) is 0. The molecule has 0 fully saturated rings. The Balaban J connectivity index is 2.95. The zero-order valence-electron chi connectivity index (χ0n) is 11.5. The lowest BCUT2D eigenvalue weighted by Crippen LogP contribution is -2.37. The monoisotopic (exact) mass is 281 g/mol. The number of carbonyl (C=O) groups excluding carboxylic acids is 2. The molecule has 19 heavy (non-hydrogen) atoms. The van der Waals surface area contributed by atoms with Crippen molar-refractivity contribution in [3.8, 4) is 0 Å². The van der Waals surface area contributed by atoms with E-state index in [9.17, 15) is 9.59 Å². The molecular weight excluding hydrogens is 262 g/mol. The van der Waals surface area contributed by atoms with Crippen molar-refractivity contribution in [2.75, 3.05) is 26.5 Å². The van der Waals surface area contributed by atoms with E-state index in [2.05, 4.69) is 4.74 Å². The SMILES string of the molecule is CCCN(CC(=O)OC)C(=O)c1ccccc1SC. The van der Waals surface area contributed by atoms with E-state index in [-0.39, 0.29) is 12.5 Å². The zero-order chi connectivity index (χ0) is 14.3. The molecule has 0 aromatic heterocycles. The molecule has 4 nitrogen and oxygen atoms in total. The highest BCUT2D eigenvalue weighted by Crippen LogP contribution is 2.21. The van der Waals surface area contributed by atoms with Crippen molar-refractivity contribution in [1.82, 2.24) is 4.90 Å². The van der Waals surface area contributed by atoms with Crippen LogP contribution < -0.4 is 0 Å². The van der Waals surface area contributed by atoms with Gasteiger partial charge in [0.1, 0.15) is 6.54 Å². The quantitative estimate of drug-likeness (QED) is 0.593. The number of methoxy groups -OCH3 is 1. The molecule has 1 aromatic carbocycles. The van der Waals surface area contributed by atoms with Gasteiger partial charge in [0.05, 0.1) is 12.7 Å². The molecule has 0 saturated heterocycles. The molecular formula is C14H19NO3S. The van der Waals surface area contributed by atoms with Gasteiger partial charge in [-0.15, -0.1) is 11.8 Å². The fourth-order valence-electron chi connectivity index (χ4n) is 1.73. The van der Waals surface area contributed by atoms with Gasteiger partial charge in [0, 0.05) is 11.4 Å². The van der Waals surface area contributed by atoms with E-state index in [4.69, 9.17) is 0 Å². The van der Waals surface area contributed by atoms with Gasteiger partial charge in [-0.25, -0.2) is 0 Å². The van der Waals surface area contributed by atoms with E-state index in [1.807, 2.05) is 31.4 Å². The topological polar surface area (TPSA) is 46.6 Å². The number of nitrogens with zero attached hydrogens (tertiary/aromatic N) is 1. The van der Waals surface area contributed by atoms with Crippen molar-refractivity contribution < 1.29 is 14.3 Å². The molecule has 0 unspecified atom stereocenters. The van der Waals surface area contributed by atoms with Gasteiger partial charge in [0.25, 0.3) is 5.91 Å². The summed E-state index contributed by atoms with van der Waals surface area (Å²) in [6.45, 7) is 2.50. The summed E-state index contributed by atoms with van der Waals surface area (Å²) in [5.74, 6) is -0.527. The lowest BCUT2D eigenvalue weighted by Gasteiger charge is -2.21. The van der Waals surface area contributed by atoms with Crippen LogP contribution in [0, 0.1) is 0 Å². The summed E-state index contributed by atoms with van der Waals surface area (Å²) in [6, 6.07) is 7.41. The molecule has 1 amide bonds. The highest BCUT2D eigenvalue weighted by Gasteiger charge is 2.20. The molecule has 0 spiro atoms. The molecule has 0 heterocycles. The maximum absolute atomic E-state index is 12.5. The first-order valence-electron chi connectivity index (χ1n) is 6.13. The Labute approximate surface area is 118 Å². The van der Waals surface area contributed by atoms with Gasteiger partial charge in [0.15, 0.2) is 0 Å². The van der Waals surface area contributed by atoms with E-state index in [0.717, 1.165) is 11.3 Å². The molecule has 5 heteroatoms. The van der Waals surface area contributed by atoms with Gasteiger partial charge >= 0.3 is 5.97 Å². The molecule has 0 bridgehead atoms. The van der Waals surface area contributed by atoms with E-state index in [0.29, 0.717) is 12.1 Å². The summed E-state index contributed by atoms with van der Waals surface area (Å²) in [5, 5.41) is 0. The molecule has 0 radical (unpaired) electrons. The van der Waals surface area contributed by atoms with Crippen LogP contribution >= 0.6 is 11.8 Å². The van der Waals surface area contributed by atoms with E-state index < -0.39 is 5.97 Å². The van der Waals surface area contributed by atoms with E-state index in [1.165, 1.54) is 23.8 Å². The minimum absolute atomic E-state index is 0.00805. The lowest BCUT2D eigenvalue weighted by molar-refractivity contribution is -0.141. The Morgan fingerprint density at radius 3 is 2.58 bits per heavy atom. The number of thioether (sulfide) groups is 1. The van der Waals surface area contributed by atoms with Crippen LogP contribution in [0.4, 0.5) is 0 Å². The van der Waals surface area contributed by atoms with E-state index >= 15 is 0 Å². The summed E-state index contributed by atoms with van der Waals surface area (Å²) in [4.78, 5) is 26.3. The number of hydrogen-bond acceptors (Lipinski definition) is 4. The fourth-order valence-corrected chi connectivity index (χ4v) is 2.32. The molecule has 0 saturated carbocycles. The number of carbonyl (C=O) groups is 2. The molecule has 0 atom stereocenters. The third kappa shape index (κ3) is 4.28. The Morgan fingerprint density at radius 1 is 1.32 bits per heavy atom. The third-order valence-corrected chi connectivity index (χ3v) is 3.46. The Kier molecular flexibility index (Phi) is 6.42. The van der Waals surface area contributed by atoms with Crippen molar-refractivity contribution in [2.24, 2.45) is 0 Å². The van der Waals surface area contributed by atoms with Crippen LogP contribution in [0.3, 0.4) is 0 Å². The van der Waals surface area contributed by atoms with Gasteiger partial charge in [-0.2, -0.15) is 0 Å². The van der Waals surface area contributed by atoms with Crippen molar-refractivity contribution in [1.29, 1.82) is 0 Å². The van der Waals surface area contributed by atoms with Crippen molar-refractivity contribution >= 4 is 23.6 Å². The van der Waals surface area contributed by atoms with Gasteiger partial charge < -0.3 is 9.64 Å². The minimum Gasteiger partial charge on any atom is -0.468 e. The van der Waals surface area contributed by atoms with Crippen LogP contribution in [0.2, 0.25) is 0 Å². The van der Waals surface area contributed by atoms with Gasteiger partial charge in [-0.3, -0.25) is 9.59 Å². The maximum atomic E-state index is 12.5. The second-order valence-electron chi connectivity index (χ2n) is 4.00. The highest BCUT2D eigenvalue weighted by atomic mass is 32.2. The Bertz CT molecular complexity index is 448. The van der Waals surface area contributed by atoms with Crippen LogP contribution in [0.15, 0.2) is 29.2 Å². The van der Waals surface area contributed by atoms with Crippen molar-refractivity contribution in [3.05, 3.63) is 29.8 Å². The average molecular weight is 281 g/mol. The Hall–Kier alpha value is -1.49. The normalized spacial score (nSPS) is 10.1. The molecule has 0 aliphatic carbocycles. The summed E-state index contributed by atoms with van der Waals surface area (Å²) in [6.07, 6.45) is 2.72. The number of amides is 1. The minimum atomic E-state index is -0.400. The number of benzene rings is 1. The number of esters is 1. The average Bonchev–Trinajstić information content (AvgIpc) is 2.45. The summed E-state index contributed by atoms with van der Waals surface area (Å²) in [7, 11) is 1.33. The standard InChI is InChI=1S/C14H19NO3S/c1-4-9-15(10-13(16)18-2)14(17)11-7-5-6-8-12(11)19-3/h5-8H,4,9-10H2,1-3H3. The largest absolute Gasteiger partial charge is 0.468 e.